The first kappa shape index (κ1) is 15.0. The number of anilines is 2. The third kappa shape index (κ3) is 3.45. The highest BCUT2D eigenvalue weighted by Crippen LogP contribution is 2.25. The number of nitrogen functional groups attached to an aromatic ring is 1. The SMILES string of the molecule is CC(C)(Nc1ccc(-c2ccc(N)nc2)nn1)c1ccccc1. The highest BCUT2D eigenvalue weighted by Gasteiger charge is 2.20. The van der Waals surface area contributed by atoms with Gasteiger partial charge in [0, 0.05) is 11.8 Å². The number of aromatic nitrogens is 3. The molecular weight excluding hydrogens is 286 g/mol. The van der Waals surface area contributed by atoms with Gasteiger partial charge in [-0.1, -0.05) is 30.3 Å². The summed E-state index contributed by atoms with van der Waals surface area (Å²) in [6, 6.07) is 17.7. The fourth-order valence-corrected chi connectivity index (χ4v) is 2.36. The molecule has 0 amide bonds. The number of pyridine rings is 1. The average molecular weight is 305 g/mol. The zero-order chi connectivity index (χ0) is 16.3. The molecule has 2 heterocycles. The highest BCUT2D eigenvalue weighted by molar-refractivity contribution is 5.59. The summed E-state index contributed by atoms with van der Waals surface area (Å²) in [5.41, 5.74) is 8.20. The Balaban J connectivity index is 1.79. The van der Waals surface area contributed by atoms with Crippen molar-refractivity contribution in [2.24, 2.45) is 0 Å². The average Bonchev–Trinajstić information content (AvgIpc) is 2.57. The van der Waals surface area contributed by atoms with Crippen LogP contribution >= 0.6 is 0 Å². The number of nitrogens with one attached hydrogen (secondary N) is 1. The minimum atomic E-state index is -0.236. The van der Waals surface area contributed by atoms with Gasteiger partial charge in [-0.25, -0.2) is 4.98 Å². The van der Waals surface area contributed by atoms with Gasteiger partial charge in [-0.05, 0) is 43.7 Å². The van der Waals surface area contributed by atoms with Crippen molar-refractivity contribution < 1.29 is 0 Å². The standard InChI is InChI=1S/C18H19N5/c1-18(2,14-6-4-3-5-7-14)21-17-11-9-15(22-23-17)13-8-10-16(19)20-12-13/h3-12H,1-2H3,(H2,19,20)(H,21,23). The molecule has 0 unspecified atom stereocenters. The first-order chi connectivity index (χ1) is 11.0. The quantitative estimate of drug-likeness (QED) is 0.772. The van der Waals surface area contributed by atoms with Crippen LogP contribution in [0, 0.1) is 0 Å². The topological polar surface area (TPSA) is 76.7 Å². The van der Waals surface area contributed by atoms with Gasteiger partial charge in [0.1, 0.15) is 11.6 Å². The predicted molar refractivity (Wildman–Crippen MR) is 92.8 cm³/mol. The van der Waals surface area contributed by atoms with E-state index in [0.29, 0.717) is 5.82 Å². The Bertz CT molecular complexity index is 765. The largest absolute Gasteiger partial charge is 0.384 e. The molecule has 0 bridgehead atoms. The molecule has 0 aliphatic heterocycles. The molecule has 0 aliphatic rings. The number of nitrogens with two attached hydrogens (primary N) is 1. The van der Waals surface area contributed by atoms with E-state index in [9.17, 15) is 0 Å². The van der Waals surface area contributed by atoms with E-state index in [-0.39, 0.29) is 5.54 Å². The van der Waals surface area contributed by atoms with Crippen molar-refractivity contribution in [2.75, 3.05) is 11.1 Å². The van der Waals surface area contributed by atoms with Crippen LogP contribution in [-0.4, -0.2) is 15.2 Å². The molecule has 0 atom stereocenters. The number of benzene rings is 1. The first-order valence-electron chi connectivity index (χ1n) is 7.44. The van der Waals surface area contributed by atoms with Crippen molar-refractivity contribution in [3.63, 3.8) is 0 Å². The van der Waals surface area contributed by atoms with Gasteiger partial charge < -0.3 is 11.1 Å². The number of nitrogens with zero attached hydrogens (tertiary/aromatic N) is 3. The van der Waals surface area contributed by atoms with Crippen LogP contribution in [0.4, 0.5) is 11.6 Å². The van der Waals surface area contributed by atoms with Gasteiger partial charge in [-0.2, -0.15) is 0 Å². The molecule has 23 heavy (non-hydrogen) atoms. The number of hydrogen-bond donors (Lipinski definition) is 2. The van der Waals surface area contributed by atoms with Crippen LogP contribution in [0.15, 0.2) is 60.8 Å². The lowest BCUT2D eigenvalue weighted by atomic mass is 9.94. The smallest absolute Gasteiger partial charge is 0.149 e. The van der Waals surface area contributed by atoms with Gasteiger partial charge in [0.2, 0.25) is 0 Å². The van der Waals surface area contributed by atoms with E-state index in [0.717, 1.165) is 17.1 Å². The fraction of sp³-hybridized carbons (Fsp3) is 0.167. The van der Waals surface area contributed by atoms with Crippen molar-refractivity contribution in [3.8, 4) is 11.3 Å². The zero-order valence-electron chi connectivity index (χ0n) is 13.2. The van der Waals surface area contributed by atoms with E-state index in [1.54, 1.807) is 12.3 Å². The Hall–Kier alpha value is -2.95. The van der Waals surface area contributed by atoms with Gasteiger partial charge >= 0.3 is 0 Å². The third-order valence-corrected chi connectivity index (χ3v) is 3.68. The van der Waals surface area contributed by atoms with Crippen LogP contribution in [0.5, 0.6) is 0 Å². The number of hydrogen-bond acceptors (Lipinski definition) is 5. The van der Waals surface area contributed by atoms with Crippen molar-refractivity contribution >= 4 is 11.6 Å². The van der Waals surface area contributed by atoms with Crippen LogP contribution in [0.25, 0.3) is 11.3 Å². The van der Waals surface area contributed by atoms with Crippen LogP contribution in [-0.2, 0) is 5.54 Å². The monoisotopic (exact) mass is 305 g/mol. The summed E-state index contributed by atoms with van der Waals surface area (Å²) in [5.74, 6) is 1.22. The molecular formula is C18H19N5. The lowest BCUT2D eigenvalue weighted by Gasteiger charge is -2.27. The molecule has 5 nitrogen and oxygen atoms in total. The highest BCUT2D eigenvalue weighted by atomic mass is 15.2. The molecule has 0 spiro atoms. The third-order valence-electron chi connectivity index (χ3n) is 3.68. The Kier molecular flexibility index (Phi) is 3.93. The molecule has 0 aliphatic carbocycles. The first-order valence-corrected chi connectivity index (χ1v) is 7.44. The molecule has 5 heteroatoms. The van der Waals surface area contributed by atoms with E-state index in [2.05, 4.69) is 46.5 Å². The Morgan fingerprint density at radius 3 is 2.30 bits per heavy atom. The van der Waals surface area contributed by atoms with Crippen LogP contribution in [0.1, 0.15) is 19.4 Å². The van der Waals surface area contributed by atoms with Crippen molar-refractivity contribution in [1.29, 1.82) is 0 Å². The lowest BCUT2D eigenvalue weighted by Crippen LogP contribution is -2.28. The van der Waals surface area contributed by atoms with Gasteiger partial charge in [-0.15, -0.1) is 10.2 Å². The second-order valence-corrected chi connectivity index (χ2v) is 5.89. The summed E-state index contributed by atoms with van der Waals surface area (Å²) in [7, 11) is 0. The van der Waals surface area contributed by atoms with Crippen LogP contribution in [0.3, 0.4) is 0 Å². The van der Waals surface area contributed by atoms with Gasteiger partial charge in [0.15, 0.2) is 0 Å². The molecule has 1 aromatic carbocycles. The molecule has 2 aromatic heterocycles. The van der Waals surface area contributed by atoms with Gasteiger partial charge in [0.05, 0.1) is 11.2 Å². The molecule has 0 saturated carbocycles. The normalized spacial score (nSPS) is 11.2. The molecule has 3 rings (SSSR count). The second kappa shape index (κ2) is 6.04. The maximum Gasteiger partial charge on any atom is 0.149 e. The van der Waals surface area contributed by atoms with Crippen LogP contribution < -0.4 is 11.1 Å². The van der Waals surface area contributed by atoms with Crippen molar-refractivity contribution in [3.05, 3.63) is 66.4 Å². The van der Waals surface area contributed by atoms with Gasteiger partial charge in [0.25, 0.3) is 0 Å². The zero-order valence-corrected chi connectivity index (χ0v) is 13.2. The summed E-state index contributed by atoms with van der Waals surface area (Å²) >= 11 is 0. The summed E-state index contributed by atoms with van der Waals surface area (Å²) in [6.07, 6.45) is 1.69. The summed E-state index contributed by atoms with van der Waals surface area (Å²) < 4.78 is 0. The lowest BCUT2D eigenvalue weighted by molar-refractivity contribution is 0.604. The number of rotatable bonds is 4. The van der Waals surface area contributed by atoms with E-state index < -0.39 is 0 Å². The van der Waals surface area contributed by atoms with E-state index in [4.69, 9.17) is 5.73 Å². The van der Waals surface area contributed by atoms with E-state index in [1.807, 2.05) is 36.4 Å². The van der Waals surface area contributed by atoms with Gasteiger partial charge in [-0.3, -0.25) is 0 Å². The maximum absolute atomic E-state index is 5.60. The second-order valence-electron chi connectivity index (χ2n) is 5.89. The Labute approximate surface area is 135 Å². The fourth-order valence-electron chi connectivity index (χ4n) is 2.36. The molecule has 116 valence electrons. The molecule has 0 radical (unpaired) electrons. The predicted octanol–water partition coefficient (Wildman–Crippen LogP) is 3.47. The van der Waals surface area contributed by atoms with Crippen molar-refractivity contribution in [2.45, 2.75) is 19.4 Å². The van der Waals surface area contributed by atoms with Crippen LogP contribution in [0.2, 0.25) is 0 Å². The Morgan fingerprint density at radius 2 is 1.70 bits per heavy atom. The summed E-state index contributed by atoms with van der Waals surface area (Å²) in [4.78, 5) is 4.07. The van der Waals surface area contributed by atoms with Crippen molar-refractivity contribution in [1.82, 2.24) is 15.2 Å². The maximum atomic E-state index is 5.60. The minimum absolute atomic E-state index is 0.236. The molecule has 3 N–H and O–H groups in total. The summed E-state index contributed by atoms with van der Waals surface area (Å²) in [5, 5.41) is 11.9. The summed E-state index contributed by atoms with van der Waals surface area (Å²) in [6.45, 7) is 4.23. The molecule has 0 saturated heterocycles. The minimum Gasteiger partial charge on any atom is -0.384 e. The Morgan fingerprint density at radius 1 is 0.913 bits per heavy atom. The molecule has 3 aromatic rings. The van der Waals surface area contributed by atoms with E-state index in [1.165, 1.54) is 5.56 Å². The molecule has 0 fully saturated rings. The van der Waals surface area contributed by atoms with E-state index >= 15 is 0 Å².